The minimum atomic E-state index is -0.178. The maximum atomic E-state index is 5.96. The summed E-state index contributed by atoms with van der Waals surface area (Å²) in [5.41, 5.74) is 5.92. The summed E-state index contributed by atoms with van der Waals surface area (Å²) in [6.45, 7) is 7.14. The normalized spacial score (nSPS) is 22.9. The standard InChI is InChI=1S/C12H27N3O2/c1-12(10-13,9-11(16-3)17-4)15-7-5-14(2)6-8-15/h11H,5-10,13H2,1-4H3. The van der Waals surface area contributed by atoms with Crippen molar-refractivity contribution in [1.29, 1.82) is 0 Å². The van der Waals surface area contributed by atoms with Gasteiger partial charge in [0.1, 0.15) is 0 Å². The van der Waals surface area contributed by atoms with Crippen molar-refractivity contribution < 1.29 is 9.47 Å². The SMILES string of the molecule is COC(CC(C)(CN)N1CCN(C)CC1)OC. The van der Waals surface area contributed by atoms with Crippen LogP contribution in [0.3, 0.4) is 0 Å². The molecule has 1 saturated heterocycles. The van der Waals surface area contributed by atoms with Gasteiger partial charge in [-0.2, -0.15) is 0 Å². The molecule has 5 nitrogen and oxygen atoms in total. The minimum absolute atomic E-state index is 0.0437. The molecule has 5 heteroatoms. The molecule has 0 radical (unpaired) electrons. The molecule has 1 fully saturated rings. The molecule has 1 rings (SSSR count). The number of methoxy groups -OCH3 is 2. The van der Waals surface area contributed by atoms with Gasteiger partial charge in [-0.25, -0.2) is 0 Å². The van der Waals surface area contributed by atoms with Crippen LogP contribution in [0, 0.1) is 0 Å². The van der Waals surface area contributed by atoms with Gasteiger partial charge in [-0.15, -0.1) is 0 Å². The number of nitrogens with zero attached hydrogens (tertiary/aromatic N) is 2. The third-order valence-electron chi connectivity index (χ3n) is 3.84. The fraction of sp³-hybridized carbons (Fsp3) is 1.00. The van der Waals surface area contributed by atoms with Gasteiger partial charge in [0, 0.05) is 58.9 Å². The van der Waals surface area contributed by atoms with Crippen molar-refractivity contribution in [3.05, 3.63) is 0 Å². The molecular formula is C12H27N3O2. The van der Waals surface area contributed by atoms with Gasteiger partial charge in [0.2, 0.25) is 0 Å². The zero-order valence-corrected chi connectivity index (χ0v) is 11.6. The number of ether oxygens (including phenoxy) is 2. The number of rotatable bonds is 6. The lowest BCUT2D eigenvalue weighted by Gasteiger charge is -2.45. The van der Waals surface area contributed by atoms with Crippen LogP contribution < -0.4 is 5.73 Å². The molecule has 2 N–H and O–H groups in total. The zero-order chi connectivity index (χ0) is 12.9. The van der Waals surface area contributed by atoms with E-state index in [2.05, 4.69) is 23.8 Å². The summed E-state index contributed by atoms with van der Waals surface area (Å²) >= 11 is 0. The number of hydrogen-bond acceptors (Lipinski definition) is 5. The molecule has 1 unspecified atom stereocenters. The average Bonchev–Trinajstić information content (AvgIpc) is 2.36. The van der Waals surface area contributed by atoms with Crippen LogP contribution in [-0.4, -0.2) is 75.6 Å². The Morgan fingerprint density at radius 1 is 1.18 bits per heavy atom. The van der Waals surface area contributed by atoms with Crippen LogP contribution >= 0.6 is 0 Å². The first-order chi connectivity index (χ1) is 8.05. The maximum absolute atomic E-state index is 5.96. The first-order valence-corrected chi connectivity index (χ1v) is 6.25. The Morgan fingerprint density at radius 2 is 1.71 bits per heavy atom. The van der Waals surface area contributed by atoms with Crippen LogP contribution in [0.5, 0.6) is 0 Å². The van der Waals surface area contributed by atoms with Gasteiger partial charge in [-0.3, -0.25) is 4.90 Å². The first-order valence-electron chi connectivity index (χ1n) is 6.25. The van der Waals surface area contributed by atoms with E-state index in [9.17, 15) is 0 Å². The summed E-state index contributed by atoms with van der Waals surface area (Å²) in [4.78, 5) is 4.80. The van der Waals surface area contributed by atoms with E-state index in [-0.39, 0.29) is 11.8 Å². The number of likely N-dealkylation sites (N-methyl/N-ethyl adjacent to an activating group) is 1. The molecule has 0 saturated carbocycles. The number of nitrogens with two attached hydrogens (primary N) is 1. The molecule has 1 aliphatic rings. The Balaban J connectivity index is 2.60. The number of hydrogen-bond donors (Lipinski definition) is 1. The maximum Gasteiger partial charge on any atom is 0.158 e. The topological polar surface area (TPSA) is 51.0 Å². The van der Waals surface area contributed by atoms with E-state index in [1.54, 1.807) is 14.2 Å². The molecular weight excluding hydrogens is 218 g/mol. The van der Waals surface area contributed by atoms with Gasteiger partial charge in [0.15, 0.2) is 6.29 Å². The highest BCUT2D eigenvalue weighted by atomic mass is 16.7. The monoisotopic (exact) mass is 245 g/mol. The molecule has 0 bridgehead atoms. The van der Waals surface area contributed by atoms with Crippen LogP contribution in [0.2, 0.25) is 0 Å². The van der Waals surface area contributed by atoms with Gasteiger partial charge in [0.25, 0.3) is 0 Å². The fourth-order valence-corrected chi connectivity index (χ4v) is 2.31. The summed E-state index contributed by atoms with van der Waals surface area (Å²) in [5, 5.41) is 0. The second kappa shape index (κ2) is 6.66. The Labute approximate surface area is 105 Å². The van der Waals surface area contributed by atoms with Crippen molar-refractivity contribution in [2.24, 2.45) is 5.73 Å². The Morgan fingerprint density at radius 3 is 2.12 bits per heavy atom. The van der Waals surface area contributed by atoms with E-state index < -0.39 is 0 Å². The quantitative estimate of drug-likeness (QED) is 0.666. The molecule has 102 valence electrons. The van der Waals surface area contributed by atoms with Crippen LogP contribution in [0.1, 0.15) is 13.3 Å². The molecule has 0 aromatic carbocycles. The van der Waals surface area contributed by atoms with Gasteiger partial charge in [-0.05, 0) is 14.0 Å². The van der Waals surface area contributed by atoms with E-state index in [0.29, 0.717) is 6.54 Å². The van der Waals surface area contributed by atoms with E-state index in [4.69, 9.17) is 15.2 Å². The van der Waals surface area contributed by atoms with Crippen molar-refractivity contribution in [3.8, 4) is 0 Å². The fourth-order valence-electron chi connectivity index (χ4n) is 2.31. The van der Waals surface area contributed by atoms with Gasteiger partial charge >= 0.3 is 0 Å². The van der Waals surface area contributed by atoms with E-state index in [1.165, 1.54) is 0 Å². The predicted molar refractivity (Wildman–Crippen MR) is 69.0 cm³/mol. The Kier molecular flexibility index (Phi) is 5.82. The van der Waals surface area contributed by atoms with Gasteiger partial charge in [0.05, 0.1) is 0 Å². The van der Waals surface area contributed by atoms with E-state index in [1.807, 2.05) is 0 Å². The van der Waals surface area contributed by atoms with Crippen LogP contribution in [0.25, 0.3) is 0 Å². The van der Waals surface area contributed by atoms with Gasteiger partial charge in [-0.1, -0.05) is 0 Å². The largest absolute Gasteiger partial charge is 0.356 e. The summed E-state index contributed by atoms with van der Waals surface area (Å²) in [7, 11) is 5.51. The Bertz CT molecular complexity index is 216. The first kappa shape index (κ1) is 14.9. The molecule has 1 heterocycles. The summed E-state index contributed by atoms with van der Waals surface area (Å²) in [5.74, 6) is 0. The summed E-state index contributed by atoms with van der Waals surface area (Å²) in [6.07, 6.45) is 0.628. The summed E-state index contributed by atoms with van der Waals surface area (Å²) in [6, 6.07) is 0. The van der Waals surface area contributed by atoms with Crippen molar-refractivity contribution in [2.45, 2.75) is 25.2 Å². The third kappa shape index (κ3) is 3.89. The van der Waals surface area contributed by atoms with Crippen molar-refractivity contribution in [1.82, 2.24) is 9.80 Å². The second-order valence-electron chi connectivity index (χ2n) is 5.10. The highest BCUT2D eigenvalue weighted by Crippen LogP contribution is 2.23. The Hall–Kier alpha value is -0.200. The predicted octanol–water partition coefficient (Wildman–Crippen LogP) is -0.0398. The van der Waals surface area contributed by atoms with Gasteiger partial charge < -0.3 is 20.1 Å². The average molecular weight is 245 g/mol. The molecule has 0 spiro atoms. The highest BCUT2D eigenvalue weighted by molar-refractivity contribution is 4.90. The van der Waals surface area contributed by atoms with Crippen LogP contribution in [-0.2, 0) is 9.47 Å². The third-order valence-corrected chi connectivity index (χ3v) is 3.84. The van der Waals surface area contributed by atoms with Crippen molar-refractivity contribution in [2.75, 3.05) is 54.0 Å². The van der Waals surface area contributed by atoms with Crippen LogP contribution in [0.4, 0.5) is 0 Å². The zero-order valence-electron chi connectivity index (χ0n) is 11.6. The molecule has 0 aromatic heterocycles. The van der Waals surface area contributed by atoms with Crippen LogP contribution in [0.15, 0.2) is 0 Å². The lowest BCUT2D eigenvalue weighted by atomic mass is 9.94. The molecule has 0 aromatic rings. The number of piperazine rings is 1. The highest BCUT2D eigenvalue weighted by Gasteiger charge is 2.34. The lowest BCUT2D eigenvalue weighted by molar-refractivity contribution is -0.130. The lowest BCUT2D eigenvalue weighted by Crippen LogP contribution is -2.59. The van der Waals surface area contributed by atoms with Crippen molar-refractivity contribution in [3.63, 3.8) is 0 Å². The molecule has 0 aliphatic carbocycles. The molecule has 0 amide bonds. The second-order valence-corrected chi connectivity index (χ2v) is 5.10. The molecule has 1 atom stereocenters. The van der Waals surface area contributed by atoms with E-state index >= 15 is 0 Å². The molecule has 1 aliphatic heterocycles. The van der Waals surface area contributed by atoms with E-state index in [0.717, 1.165) is 32.6 Å². The summed E-state index contributed by atoms with van der Waals surface area (Å²) < 4.78 is 10.6. The van der Waals surface area contributed by atoms with Crippen molar-refractivity contribution >= 4 is 0 Å². The molecule has 17 heavy (non-hydrogen) atoms. The smallest absolute Gasteiger partial charge is 0.158 e. The minimum Gasteiger partial charge on any atom is -0.356 e.